The summed E-state index contributed by atoms with van der Waals surface area (Å²) in [7, 11) is 0. The maximum Gasteiger partial charge on any atom is 0.391 e. The summed E-state index contributed by atoms with van der Waals surface area (Å²) in [6.07, 6.45) is 7.02. The van der Waals surface area contributed by atoms with E-state index < -0.39 is 12.1 Å². The van der Waals surface area contributed by atoms with Crippen LogP contribution in [0, 0.1) is 11.8 Å². The fraction of sp³-hybridized carbons (Fsp3) is 0.524. The van der Waals surface area contributed by atoms with Crippen LogP contribution in [0.25, 0.3) is 6.08 Å². The SMILES string of the molecule is C=CC(=O)Nc1cnc(CCCC)c(/C=C/C2CCC(C(F)(F)F)CC2)c1. The van der Waals surface area contributed by atoms with Crippen LogP contribution in [-0.2, 0) is 11.2 Å². The smallest absolute Gasteiger partial charge is 0.321 e. The zero-order valence-electron chi connectivity index (χ0n) is 15.7. The van der Waals surface area contributed by atoms with Crippen molar-refractivity contribution >= 4 is 17.7 Å². The molecule has 0 aromatic carbocycles. The first kappa shape index (κ1) is 21.2. The Hall–Kier alpha value is -2.11. The van der Waals surface area contributed by atoms with Crippen LogP contribution < -0.4 is 5.32 Å². The maximum atomic E-state index is 12.8. The largest absolute Gasteiger partial charge is 0.391 e. The molecular formula is C21H27F3N2O. The van der Waals surface area contributed by atoms with E-state index in [9.17, 15) is 18.0 Å². The Balaban J connectivity index is 2.10. The number of nitrogens with one attached hydrogen (secondary N) is 1. The molecule has 0 unspecified atom stereocenters. The lowest BCUT2D eigenvalue weighted by atomic mass is 9.81. The lowest BCUT2D eigenvalue weighted by Gasteiger charge is -2.28. The second kappa shape index (κ2) is 9.72. The van der Waals surface area contributed by atoms with Gasteiger partial charge in [0.1, 0.15) is 0 Å². The summed E-state index contributed by atoms with van der Waals surface area (Å²) in [5, 5.41) is 2.70. The molecule has 27 heavy (non-hydrogen) atoms. The van der Waals surface area contributed by atoms with Gasteiger partial charge in [-0.1, -0.05) is 32.1 Å². The van der Waals surface area contributed by atoms with E-state index in [1.165, 1.54) is 6.08 Å². The van der Waals surface area contributed by atoms with Crippen LogP contribution in [0.15, 0.2) is 31.0 Å². The normalized spacial score (nSPS) is 20.6. The lowest BCUT2D eigenvalue weighted by Crippen LogP contribution is -2.27. The molecule has 0 saturated heterocycles. The number of rotatable bonds is 7. The van der Waals surface area contributed by atoms with E-state index in [-0.39, 0.29) is 24.7 Å². The number of hydrogen-bond donors (Lipinski definition) is 1. The summed E-state index contributed by atoms with van der Waals surface area (Å²) in [6, 6.07) is 1.86. The van der Waals surface area contributed by atoms with Crippen molar-refractivity contribution in [2.75, 3.05) is 5.32 Å². The van der Waals surface area contributed by atoms with E-state index in [1.807, 2.05) is 18.2 Å². The second-order valence-electron chi connectivity index (χ2n) is 7.07. The van der Waals surface area contributed by atoms with Crippen LogP contribution in [0.4, 0.5) is 18.9 Å². The van der Waals surface area contributed by atoms with E-state index in [4.69, 9.17) is 0 Å². The molecule has 0 spiro atoms. The number of aryl methyl sites for hydroxylation is 1. The van der Waals surface area contributed by atoms with Gasteiger partial charge in [-0.3, -0.25) is 9.78 Å². The summed E-state index contributed by atoms with van der Waals surface area (Å²) in [6.45, 7) is 5.54. The van der Waals surface area contributed by atoms with Crippen molar-refractivity contribution in [3.8, 4) is 0 Å². The molecule has 0 radical (unpaired) electrons. The van der Waals surface area contributed by atoms with E-state index in [1.54, 1.807) is 6.20 Å². The fourth-order valence-corrected chi connectivity index (χ4v) is 3.35. The minimum Gasteiger partial charge on any atom is -0.321 e. The van der Waals surface area contributed by atoms with Gasteiger partial charge in [0.2, 0.25) is 5.91 Å². The van der Waals surface area contributed by atoms with E-state index in [2.05, 4.69) is 23.8 Å². The van der Waals surface area contributed by atoms with Gasteiger partial charge >= 0.3 is 6.18 Å². The fourth-order valence-electron chi connectivity index (χ4n) is 3.35. The van der Waals surface area contributed by atoms with E-state index >= 15 is 0 Å². The molecule has 1 heterocycles. The predicted octanol–water partition coefficient (Wildman–Crippen LogP) is 5.93. The highest BCUT2D eigenvalue weighted by Crippen LogP contribution is 2.40. The van der Waals surface area contributed by atoms with Crippen LogP contribution in [0.1, 0.15) is 56.7 Å². The van der Waals surface area contributed by atoms with Gasteiger partial charge < -0.3 is 5.32 Å². The monoisotopic (exact) mass is 380 g/mol. The zero-order valence-corrected chi connectivity index (χ0v) is 15.7. The maximum absolute atomic E-state index is 12.8. The molecule has 3 nitrogen and oxygen atoms in total. The Bertz CT molecular complexity index is 674. The molecule has 1 fully saturated rings. The number of amides is 1. The van der Waals surface area contributed by atoms with Crippen LogP contribution in [0.3, 0.4) is 0 Å². The van der Waals surface area contributed by atoms with Crippen LogP contribution in [-0.4, -0.2) is 17.1 Å². The highest BCUT2D eigenvalue weighted by atomic mass is 19.4. The third-order valence-corrected chi connectivity index (χ3v) is 5.01. The molecule has 0 aliphatic heterocycles. The molecule has 0 atom stereocenters. The molecule has 2 rings (SSSR count). The standard InChI is InChI=1S/C21H27F3N2O/c1-3-5-6-19-16(13-18(14-25-19)26-20(27)4-2)10-7-15-8-11-17(12-9-15)21(22,23)24/h4,7,10,13-15,17H,2-3,5-6,8-9,11-12H2,1H3,(H,26,27)/b10-7+. The zero-order chi connectivity index (χ0) is 19.9. The summed E-state index contributed by atoms with van der Waals surface area (Å²) >= 11 is 0. The van der Waals surface area contributed by atoms with Gasteiger partial charge in [-0.05, 0) is 62.1 Å². The molecule has 1 aliphatic carbocycles. The van der Waals surface area contributed by atoms with Gasteiger partial charge in [-0.15, -0.1) is 0 Å². The van der Waals surface area contributed by atoms with Crippen LogP contribution in [0.5, 0.6) is 0 Å². The number of pyridine rings is 1. The molecule has 1 aromatic rings. The number of unbranched alkanes of at least 4 members (excludes halogenated alkanes) is 1. The van der Waals surface area contributed by atoms with Crippen molar-refractivity contribution in [2.45, 2.75) is 58.0 Å². The third-order valence-electron chi connectivity index (χ3n) is 5.01. The number of carbonyl (C=O) groups is 1. The molecule has 6 heteroatoms. The topological polar surface area (TPSA) is 42.0 Å². The van der Waals surface area contributed by atoms with Gasteiger partial charge in [0, 0.05) is 5.69 Å². The summed E-state index contributed by atoms with van der Waals surface area (Å²) in [4.78, 5) is 16.0. The number of aromatic nitrogens is 1. The summed E-state index contributed by atoms with van der Waals surface area (Å²) < 4.78 is 38.4. The Morgan fingerprint density at radius 2 is 2.04 bits per heavy atom. The Morgan fingerprint density at radius 1 is 1.33 bits per heavy atom. The first-order valence-electron chi connectivity index (χ1n) is 9.50. The van der Waals surface area contributed by atoms with Gasteiger partial charge in [-0.25, -0.2) is 0 Å². The summed E-state index contributed by atoms with van der Waals surface area (Å²) in [5.74, 6) is -1.33. The molecular weight excluding hydrogens is 353 g/mol. The average molecular weight is 380 g/mol. The number of carbonyl (C=O) groups excluding carboxylic acids is 1. The molecule has 148 valence electrons. The van der Waals surface area contributed by atoms with Crippen LogP contribution in [0.2, 0.25) is 0 Å². The lowest BCUT2D eigenvalue weighted by molar-refractivity contribution is -0.183. The quantitative estimate of drug-likeness (QED) is 0.596. The van der Waals surface area contributed by atoms with Gasteiger partial charge in [0.05, 0.1) is 17.8 Å². The molecule has 1 amide bonds. The van der Waals surface area contributed by atoms with Crippen molar-refractivity contribution in [1.29, 1.82) is 0 Å². The van der Waals surface area contributed by atoms with E-state index in [0.717, 1.165) is 30.5 Å². The van der Waals surface area contributed by atoms with Crippen molar-refractivity contribution in [1.82, 2.24) is 4.98 Å². The molecule has 1 aromatic heterocycles. The molecule has 1 saturated carbocycles. The number of nitrogens with zero attached hydrogens (tertiary/aromatic N) is 1. The van der Waals surface area contributed by atoms with Crippen molar-refractivity contribution in [2.24, 2.45) is 11.8 Å². The number of hydrogen-bond acceptors (Lipinski definition) is 2. The third kappa shape index (κ3) is 6.52. The van der Waals surface area contributed by atoms with E-state index in [0.29, 0.717) is 18.5 Å². The van der Waals surface area contributed by atoms with Crippen molar-refractivity contribution in [3.05, 3.63) is 42.3 Å². The van der Waals surface area contributed by atoms with Crippen molar-refractivity contribution in [3.63, 3.8) is 0 Å². The van der Waals surface area contributed by atoms with Crippen LogP contribution >= 0.6 is 0 Å². The Morgan fingerprint density at radius 3 is 2.63 bits per heavy atom. The second-order valence-corrected chi connectivity index (χ2v) is 7.07. The minimum absolute atomic E-state index is 0.147. The number of anilines is 1. The minimum atomic E-state index is -4.08. The number of halogens is 3. The first-order chi connectivity index (χ1) is 12.8. The van der Waals surface area contributed by atoms with Gasteiger partial charge in [0.15, 0.2) is 0 Å². The van der Waals surface area contributed by atoms with Gasteiger partial charge in [0.25, 0.3) is 0 Å². The Labute approximate surface area is 158 Å². The first-order valence-corrected chi connectivity index (χ1v) is 9.50. The number of allylic oxidation sites excluding steroid dienone is 1. The molecule has 1 N–H and O–H groups in total. The molecule has 0 bridgehead atoms. The predicted molar refractivity (Wildman–Crippen MR) is 102 cm³/mol. The highest BCUT2D eigenvalue weighted by molar-refractivity contribution is 5.98. The van der Waals surface area contributed by atoms with Crippen molar-refractivity contribution < 1.29 is 18.0 Å². The van der Waals surface area contributed by atoms with Gasteiger partial charge in [-0.2, -0.15) is 13.2 Å². The average Bonchev–Trinajstić information content (AvgIpc) is 2.65. The molecule has 1 aliphatic rings. The summed E-state index contributed by atoms with van der Waals surface area (Å²) in [5.41, 5.74) is 2.43. The Kier molecular flexibility index (Phi) is 7.63. The number of alkyl halides is 3. The highest BCUT2D eigenvalue weighted by Gasteiger charge is 2.40.